The van der Waals surface area contributed by atoms with Gasteiger partial charge in [-0.25, -0.2) is 15.0 Å². The summed E-state index contributed by atoms with van der Waals surface area (Å²) >= 11 is 1.47. The summed E-state index contributed by atoms with van der Waals surface area (Å²) in [5, 5.41) is 23.1. The number of carbonyl (C=O) groups excluding carboxylic acids is 1. The second-order valence-corrected chi connectivity index (χ2v) is 9.31. The molecule has 5 aromatic heterocycles. The number of hydrogen-bond acceptors (Lipinski definition) is 7. The molecule has 0 aliphatic carbocycles. The fraction of sp³-hybridized carbons (Fsp3) is 0.200. The molecule has 5 aromatic rings. The number of fused-ring (bicyclic) bond motifs is 2. The number of carbonyl (C=O) groups is 1. The number of thiophene rings is 1. The Morgan fingerprint density at radius 1 is 1.23 bits per heavy atom. The number of nitriles is 2. The molecule has 1 saturated heterocycles. The summed E-state index contributed by atoms with van der Waals surface area (Å²) in [6.07, 6.45) is 9.63. The van der Waals surface area contributed by atoms with Crippen molar-refractivity contribution in [3.63, 3.8) is 0 Å². The van der Waals surface area contributed by atoms with Crippen molar-refractivity contribution in [2.24, 2.45) is 5.92 Å². The number of anilines is 1. The van der Waals surface area contributed by atoms with Crippen molar-refractivity contribution in [3.8, 4) is 23.4 Å². The third kappa shape index (κ3) is 3.35. The topological polar surface area (TPSA) is 127 Å². The van der Waals surface area contributed by atoms with Crippen LogP contribution in [0.1, 0.15) is 24.4 Å². The smallest absolute Gasteiger partial charge is 0.233 e. The second kappa shape index (κ2) is 8.35. The number of aromatic amines is 1. The van der Waals surface area contributed by atoms with Gasteiger partial charge in [-0.05, 0) is 30.0 Å². The van der Waals surface area contributed by atoms with E-state index in [1.54, 1.807) is 11.1 Å². The number of nitrogens with one attached hydrogen (secondary N) is 1. The van der Waals surface area contributed by atoms with E-state index in [1.165, 1.54) is 17.7 Å². The number of amides is 1. The van der Waals surface area contributed by atoms with Crippen molar-refractivity contribution in [2.45, 2.75) is 18.9 Å². The van der Waals surface area contributed by atoms with Crippen LogP contribution in [0.15, 0.2) is 54.7 Å². The van der Waals surface area contributed by atoms with E-state index in [0.717, 1.165) is 32.4 Å². The highest BCUT2D eigenvalue weighted by Crippen LogP contribution is 2.38. The van der Waals surface area contributed by atoms with Crippen LogP contribution in [-0.2, 0) is 4.79 Å². The lowest BCUT2D eigenvalue weighted by Gasteiger charge is -2.23. The molecule has 1 N–H and O–H groups in total. The van der Waals surface area contributed by atoms with Crippen LogP contribution in [0.2, 0.25) is 0 Å². The molecule has 1 fully saturated rings. The number of aromatic nitrogens is 5. The average Bonchev–Trinajstić information content (AvgIpc) is 3.68. The van der Waals surface area contributed by atoms with E-state index < -0.39 is 5.92 Å². The van der Waals surface area contributed by atoms with Gasteiger partial charge in [0.25, 0.3) is 0 Å². The number of H-pyrrole nitrogens is 1. The van der Waals surface area contributed by atoms with Crippen LogP contribution >= 0.6 is 11.3 Å². The van der Waals surface area contributed by atoms with Crippen molar-refractivity contribution in [1.29, 1.82) is 10.5 Å². The first kappa shape index (κ1) is 21.0. The summed E-state index contributed by atoms with van der Waals surface area (Å²) in [6.45, 7) is 0.452. The lowest BCUT2D eigenvalue weighted by Crippen LogP contribution is -2.32. The van der Waals surface area contributed by atoms with Gasteiger partial charge in [-0.3, -0.25) is 9.69 Å². The first-order chi connectivity index (χ1) is 17.2. The van der Waals surface area contributed by atoms with Crippen LogP contribution in [-0.4, -0.2) is 37.0 Å². The van der Waals surface area contributed by atoms with E-state index in [9.17, 15) is 15.3 Å². The van der Waals surface area contributed by atoms with Crippen molar-refractivity contribution in [2.75, 3.05) is 11.4 Å². The Hall–Kier alpha value is -4.54. The predicted molar refractivity (Wildman–Crippen MR) is 131 cm³/mol. The minimum atomic E-state index is -0.403. The van der Waals surface area contributed by atoms with Crippen LogP contribution in [0, 0.1) is 28.6 Å². The maximum atomic E-state index is 13.6. The molecule has 0 radical (unpaired) electrons. The summed E-state index contributed by atoms with van der Waals surface area (Å²) < 4.78 is 2.77. The zero-order valence-corrected chi connectivity index (χ0v) is 19.2. The SMILES string of the molecule is N#CCC(C1CCN(c2ncc3ccsc3c2C#N)C1=O)n1ccc(-c2ncnc3[nH]ccc23)c1. The standard InChI is InChI=1S/C25H18N8OS/c26-6-1-20(32-8-3-16(13-32)21-18-2-7-28-23(18)31-14-30-21)17-4-9-33(25(17)34)24-19(11-27)22-15(12-29-24)5-10-35-22/h2-3,5,7-8,10,12-14,17,20H,1,4,9H2,(H,28,30,31). The monoisotopic (exact) mass is 478 g/mol. The number of nitrogens with zero attached hydrogens (tertiary/aromatic N) is 7. The van der Waals surface area contributed by atoms with Gasteiger partial charge < -0.3 is 9.55 Å². The van der Waals surface area contributed by atoms with Gasteiger partial charge >= 0.3 is 0 Å². The van der Waals surface area contributed by atoms with Gasteiger partial charge in [0.2, 0.25) is 5.91 Å². The van der Waals surface area contributed by atoms with Crippen molar-refractivity contribution < 1.29 is 4.79 Å². The normalized spacial score (nSPS) is 16.6. The molecule has 1 aliphatic rings. The third-order valence-electron chi connectivity index (χ3n) is 6.58. The van der Waals surface area contributed by atoms with E-state index >= 15 is 0 Å². The maximum absolute atomic E-state index is 13.6. The van der Waals surface area contributed by atoms with Crippen molar-refractivity contribution >= 4 is 44.2 Å². The van der Waals surface area contributed by atoms with E-state index in [0.29, 0.717) is 24.3 Å². The first-order valence-corrected chi connectivity index (χ1v) is 12.0. The minimum absolute atomic E-state index is 0.115. The molecule has 2 unspecified atom stereocenters. The van der Waals surface area contributed by atoms with Crippen molar-refractivity contribution in [3.05, 3.63) is 60.3 Å². The highest BCUT2D eigenvalue weighted by Gasteiger charge is 2.40. The van der Waals surface area contributed by atoms with Gasteiger partial charge in [-0.1, -0.05) is 0 Å². The molecule has 170 valence electrons. The van der Waals surface area contributed by atoms with Crippen LogP contribution in [0.3, 0.4) is 0 Å². The molecule has 0 aromatic carbocycles. The molecule has 35 heavy (non-hydrogen) atoms. The van der Waals surface area contributed by atoms with Gasteiger partial charge in [0.15, 0.2) is 5.82 Å². The molecule has 0 spiro atoms. The zero-order valence-electron chi connectivity index (χ0n) is 18.4. The first-order valence-electron chi connectivity index (χ1n) is 11.1. The van der Waals surface area contributed by atoms with Crippen LogP contribution in [0.4, 0.5) is 5.82 Å². The molecule has 2 atom stereocenters. The third-order valence-corrected chi connectivity index (χ3v) is 7.52. The van der Waals surface area contributed by atoms with Gasteiger partial charge in [0, 0.05) is 47.7 Å². The molecule has 0 bridgehead atoms. The van der Waals surface area contributed by atoms with E-state index in [2.05, 4.69) is 32.1 Å². The van der Waals surface area contributed by atoms with Gasteiger partial charge in [-0.2, -0.15) is 10.5 Å². The molecule has 9 nitrogen and oxygen atoms in total. The quantitative estimate of drug-likeness (QED) is 0.398. The molecule has 10 heteroatoms. The Morgan fingerprint density at radius 2 is 2.14 bits per heavy atom. The fourth-order valence-electron chi connectivity index (χ4n) is 4.91. The Bertz CT molecular complexity index is 1670. The summed E-state index contributed by atoms with van der Waals surface area (Å²) in [4.78, 5) is 31.4. The van der Waals surface area contributed by atoms with E-state index in [4.69, 9.17) is 0 Å². The summed E-state index contributed by atoms with van der Waals surface area (Å²) in [7, 11) is 0. The highest BCUT2D eigenvalue weighted by atomic mass is 32.1. The van der Waals surface area contributed by atoms with E-state index in [1.807, 2.05) is 46.7 Å². The highest BCUT2D eigenvalue weighted by molar-refractivity contribution is 7.17. The lowest BCUT2D eigenvalue weighted by molar-refractivity contribution is -0.121. The largest absolute Gasteiger partial charge is 0.349 e. The molecule has 6 heterocycles. The molecule has 1 aliphatic heterocycles. The molecular formula is C25H18N8OS. The van der Waals surface area contributed by atoms with Crippen LogP contribution in [0.5, 0.6) is 0 Å². The second-order valence-electron chi connectivity index (χ2n) is 8.40. The molecule has 1 amide bonds. The van der Waals surface area contributed by atoms with E-state index in [-0.39, 0.29) is 18.4 Å². The Kier molecular flexibility index (Phi) is 5.02. The fourth-order valence-corrected chi connectivity index (χ4v) is 5.77. The minimum Gasteiger partial charge on any atom is -0.349 e. The Balaban J connectivity index is 1.33. The summed E-state index contributed by atoms with van der Waals surface area (Å²) in [5.41, 5.74) is 2.85. The van der Waals surface area contributed by atoms with Gasteiger partial charge in [0.05, 0.1) is 34.8 Å². The number of pyridine rings is 1. The van der Waals surface area contributed by atoms with Crippen molar-refractivity contribution in [1.82, 2.24) is 24.5 Å². The Morgan fingerprint density at radius 3 is 3.00 bits per heavy atom. The zero-order chi connectivity index (χ0) is 23.9. The molecule has 0 saturated carbocycles. The Labute approximate surface area is 203 Å². The number of hydrogen-bond donors (Lipinski definition) is 1. The van der Waals surface area contributed by atoms with Crippen LogP contribution in [0.25, 0.3) is 32.4 Å². The van der Waals surface area contributed by atoms with Crippen LogP contribution < -0.4 is 4.90 Å². The van der Waals surface area contributed by atoms with Gasteiger partial charge in [-0.15, -0.1) is 11.3 Å². The number of rotatable bonds is 5. The summed E-state index contributed by atoms with van der Waals surface area (Å²) in [6, 6.07) is 9.93. The molecule has 6 rings (SSSR count). The lowest BCUT2D eigenvalue weighted by atomic mass is 9.95. The van der Waals surface area contributed by atoms with Gasteiger partial charge in [0.1, 0.15) is 23.6 Å². The predicted octanol–water partition coefficient (Wildman–Crippen LogP) is 4.42. The average molecular weight is 479 g/mol. The maximum Gasteiger partial charge on any atom is 0.233 e. The molecular weight excluding hydrogens is 460 g/mol. The summed E-state index contributed by atoms with van der Waals surface area (Å²) in [5.74, 6) is -0.120.